The molecular formula is C12H12N2OS2. The lowest BCUT2D eigenvalue weighted by Crippen LogP contribution is -2.16. The molecule has 17 heavy (non-hydrogen) atoms. The largest absolute Gasteiger partial charge is 0.272 e. The molecule has 0 aromatic carbocycles. The minimum absolute atomic E-state index is 0.167. The standard InChI is InChI=1S/C12H12N2OS2/c1-8-3-4-16-11(8)6-13-14-12(15)10-5-9(2)17-7-10/h3-7H,1-2H3,(H,14,15)/b13-6-. The van der Waals surface area contributed by atoms with E-state index in [-0.39, 0.29) is 5.91 Å². The van der Waals surface area contributed by atoms with Gasteiger partial charge in [0.25, 0.3) is 5.91 Å². The summed E-state index contributed by atoms with van der Waals surface area (Å²) in [6.07, 6.45) is 1.68. The van der Waals surface area contributed by atoms with Gasteiger partial charge >= 0.3 is 0 Å². The Morgan fingerprint density at radius 1 is 1.41 bits per heavy atom. The van der Waals surface area contributed by atoms with E-state index in [1.54, 1.807) is 28.9 Å². The van der Waals surface area contributed by atoms with E-state index in [1.807, 2.05) is 36.7 Å². The quantitative estimate of drug-likeness (QED) is 0.671. The maximum atomic E-state index is 11.7. The Bertz CT molecular complexity index is 554. The third kappa shape index (κ3) is 3.01. The molecule has 5 heteroatoms. The number of rotatable bonds is 3. The molecule has 0 unspecified atom stereocenters. The molecule has 88 valence electrons. The van der Waals surface area contributed by atoms with E-state index in [0.717, 1.165) is 9.75 Å². The zero-order valence-electron chi connectivity index (χ0n) is 9.56. The predicted molar refractivity (Wildman–Crippen MR) is 73.2 cm³/mol. The van der Waals surface area contributed by atoms with Gasteiger partial charge in [0, 0.05) is 15.1 Å². The van der Waals surface area contributed by atoms with Gasteiger partial charge in [-0.15, -0.1) is 22.7 Å². The van der Waals surface area contributed by atoms with Gasteiger partial charge in [-0.25, -0.2) is 5.43 Å². The molecule has 0 saturated heterocycles. The van der Waals surface area contributed by atoms with Gasteiger partial charge in [0.1, 0.15) is 0 Å². The van der Waals surface area contributed by atoms with Gasteiger partial charge in [-0.2, -0.15) is 5.10 Å². The molecule has 3 nitrogen and oxygen atoms in total. The molecule has 2 rings (SSSR count). The lowest BCUT2D eigenvalue weighted by atomic mass is 10.3. The average molecular weight is 264 g/mol. The first-order valence-electron chi connectivity index (χ1n) is 5.09. The van der Waals surface area contributed by atoms with Gasteiger partial charge in [0.05, 0.1) is 11.8 Å². The fraction of sp³-hybridized carbons (Fsp3) is 0.167. The summed E-state index contributed by atoms with van der Waals surface area (Å²) in [5.74, 6) is -0.167. The fourth-order valence-electron chi connectivity index (χ4n) is 1.29. The molecule has 2 aromatic heterocycles. The van der Waals surface area contributed by atoms with E-state index < -0.39 is 0 Å². The topological polar surface area (TPSA) is 41.5 Å². The van der Waals surface area contributed by atoms with Crippen LogP contribution in [0, 0.1) is 13.8 Å². The molecule has 0 bridgehead atoms. The average Bonchev–Trinajstić information content (AvgIpc) is 2.88. The summed E-state index contributed by atoms with van der Waals surface area (Å²) < 4.78 is 0. The van der Waals surface area contributed by atoms with Gasteiger partial charge in [-0.3, -0.25) is 4.79 Å². The summed E-state index contributed by atoms with van der Waals surface area (Å²) >= 11 is 3.16. The molecule has 0 aliphatic heterocycles. The molecule has 0 aliphatic rings. The molecule has 0 aliphatic carbocycles. The molecule has 1 amide bonds. The van der Waals surface area contributed by atoms with Crippen molar-refractivity contribution in [3.05, 3.63) is 43.8 Å². The molecule has 0 atom stereocenters. The highest BCUT2D eigenvalue weighted by Gasteiger charge is 2.05. The number of carbonyl (C=O) groups excluding carboxylic acids is 1. The molecule has 2 aromatic rings. The number of hydrogen-bond acceptors (Lipinski definition) is 4. The van der Waals surface area contributed by atoms with Crippen molar-refractivity contribution in [3.8, 4) is 0 Å². The van der Waals surface area contributed by atoms with Crippen molar-refractivity contribution >= 4 is 34.8 Å². The normalized spacial score (nSPS) is 10.9. The van der Waals surface area contributed by atoms with Crippen LogP contribution in [0.1, 0.15) is 25.7 Å². The van der Waals surface area contributed by atoms with Crippen LogP contribution in [0.4, 0.5) is 0 Å². The van der Waals surface area contributed by atoms with E-state index in [9.17, 15) is 4.79 Å². The molecule has 0 radical (unpaired) electrons. The zero-order chi connectivity index (χ0) is 12.3. The summed E-state index contributed by atoms with van der Waals surface area (Å²) in [5, 5.41) is 7.78. The Kier molecular flexibility index (Phi) is 3.71. The first-order chi connectivity index (χ1) is 8.16. The Labute approximate surface area is 108 Å². The van der Waals surface area contributed by atoms with Crippen LogP contribution in [-0.2, 0) is 0 Å². The number of aryl methyl sites for hydroxylation is 2. The predicted octanol–water partition coefficient (Wildman–Crippen LogP) is 3.19. The smallest absolute Gasteiger partial charge is 0.267 e. The number of hydrazone groups is 1. The SMILES string of the molecule is Cc1cc(C(=O)N/N=C\c2sccc2C)cs1. The van der Waals surface area contributed by atoms with Crippen LogP contribution in [0.3, 0.4) is 0 Å². The van der Waals surface area contributed by atoms with Crippen molar-refractivity contribution in [2.45, 2.75) is 13.8 Å². The Morgan fingerprint density at radius 3 is 2.82 bits per heavy atom. The van der Waals surface area contributed by atoms with E-state index in [4.69, 9.17) is 0 Å². The Hall–Kier alpha value is -1.46. The van der Waals surface area contributed by atoms with E-state index in [2.05, 4.69) is 10.5 Å². The second-order valence-corrected chi connectivity index (χ2v) is 5.68. The van der Waals surface area contributed by atoms with Gasteiger partial charge < -0.3 is 0 Å². The minimum atomic E-state index is -0.167. The van der Waals surface area contributed by atoms with E-state index in [0.29, 0.717) is 5.56 Å². The molecule has 0 spiro atoms. The van der Waals surface area contributed by atoms with E-state index in [1.165, 1.54) is 5.56 Å². The first-order valence-corrected chi connectivity index (χ1v) is 6.85. The maximum Gasteiger partial charge on any atom is 0.272 e. The van der Waals surface area contributed by atoms with Crippen LogP contribution < -0.4 is 5.43 Å². The summed E-state index contributed by atoms with van der Waals surface area (Å²) in [6, 6.07) is 3.88. The van der Waals surface area contributed by atoms with E-state index >= 15 is 0 Å². The van der Waals surface area contributed by atoms with Gasteiger partial charge in [-0.05, 0) is 36.9 Å². The summed E-state index contributed by atoms with van der Waals surface area (Å²) in [6.45, 7) is 3.99. The minimum Gasteiger partial charge on any atom is -0.267 e. The first kappa shape index (κ1) is 12.0. The lowest BCUT2D eigenvalue weighted by Gasteiger charge is -1.95. The lowest BCUT2D eigenvalue weighted by molar-refractivity contribution is 0.0955. The highest BCUT2D eigenvalue weighted by atomic mass is 32.1. The van der Waals surface area contributed by atoms with Crippen molar-refractivity contribution in [2.24, 2.45) is 5.10 Å². The second-order valence-electron chi connectivity index (χ2n) is 3.61. The number of thiophene rings is 2. The third-order valence-corrected chi connectivity index (χ3v) is 4.06. The van der Waals surface area contributed by atoms with Crippen LogP contribution in [0.2, 0.25) is 0 Å². The maximum absolute atomic E-state index is 11.7. The molecule has 0 fully saturated rings. The van der Waals surface area contributed by atoms with Crippen molar-refractivity contribution < 1.29 is 4.79 Å². The van der Waals surface area contributed by atoms with Crippen molar-refractivity contribution in [3.63, 3.8) is 0 Å². The van der Waals surface area contributed by atoms with Gasteiger partial charge in [-0.1, -0.05) is 0 Å². The van der Waals surface area contributed by atoms with Crippen LogP contribution >= 0.6 is 22.7 Å². The number of hydrogen-bond donors (Lipinski definition) is 1. The highest BCUT2D eigenvalue weighted by molar-refractivity contribution is 7.11. The number of nitrogens with one attached hydrogen (secondary N) is 1. The van der Waals surface area contributed by atoms with Gasteiger partial charge in [0.15, 0.2) is 0 Å². The summed E-state index contributed by atoms with van der Waals surface area (Å²) in [7, 11) is 0. The van der Waals surface area contributed by atoms with Crippen molar-refractivity contribution in [1.29, 1.82) is 0 Å². The van der Waals surface area contributed by atoms with Crippen molar-refractivity contribution in [1.82, 2.24) is 5.43 Å². The molecule has 0 saturated carbocycles. The number of amides is 1. The van der Waals surface area contributed by atoms with Crippen LogP contribution in [-0.4, -0.2) is 12.1 Å². The zero-order valence-corrected chi connectivity index (χ0v) is 11.2. The number of carbonyl (C=O) groups is 1. The van der Waals surface area contributed by atoms with Crippen LogP contribution in [0.15, 0.2) is 28.0 Å². The summed E-state index contributed by atoms with van der Waals surface area (Å²) in [4.78, 5) is 13.8. The van der Waals surface area contributed by atoms with Gasteiger partial charge in [0.2, 0.25) is 0 Å². The van der Waals surface area contributed by atoms with Crippen LogP contribution in [0.5, 0.6) is 0 Å². The Morgan fingerprint density at radius 2 is 2.24 bits per heavy atom. The fourth-order valence-corrected chi connectivity index (χ4v) is 2.76. The van der Waals surface area contributed by atoms with Crippen LogP contribution in [0.25, 0.3) is 0 Å². The molecule has 1 N–H and O–H groups in total. The molecule has 2 heterocycles. The summed E-state index contributed by atoms with van der Waals surface area (Å²) in [5.41, 5.74) is 4.35. The second kappa shape index (κ2) is 5.25. The third-order valence-electron chi connectivity index (χ3n) is 2.24. The number of nitrogens with zero attached hydrogens (tertiary/aromatic N) is 1. The highest BCUT2D eigenvalue weighted by Crippen LogP contribution is 2.13. The monoisotopic (exact) mass is 264 g/mol. The molecular weight excluding hydrogens is 252 g/mol. The Balaban J connectivity index is 1.97. The van der Waals surface area contributed by atoms with Crippen molar-refractivity contribution in [2.75, 3.05) is 0 Å².